The lowest BCUT2D eigenvalue weighted by atomic mass is 10.4. The van der Waals surface area contributed by atoms with Gasteiger partial charge in [0.2, 0.25) is 11.9 Å². The topological polar surface area (TPSA) is 98.0 Å². The van der Waals surface area contributed by atoms with E-state index in [1.807, 2.05) is 26.8 Å². The van der Waals surface area contributed by atoms with Crippen molar-refractivity contribution in [2.75, 3.05) is 17.7 Å². The molecule has 0 spiro atoms. The smallest absolute Gasteiger partial charge is 0.323 e. The molecule has 2 rings (SSSR count). The highest BCUT2D eigenvalue weighted by molar-refractivity contribution is 5.35. The molecule has 0 saturated carbocycles. The van der Waals surface area contributed by atoms with Gasteiger partial charge in [-0.15, -0.1) is 0 Å². The molecule has 2 heterocycles. The molecular weight excluding hydrogens is 260 g/mol. The summed E-state index contributed by atoms with van der Waals surface area (Å²) in [5.41, 5.74) is 0.831. The maximum absolute atomic E-state index is 5.48. The predicted octanol–water partition coefficient (Wildman–Crippen LogP) is 1.61. The van der Waals surface area contributed by atoms with Crippen LogP contribution in [0.2, 0.25) is 0 Å². The van der Waals surface area contributed by atoms with Gasteiger partial charge < -0.3 is 19.9 Å². The van der Waals surface area contributed by atoms with E-state index in [9.17, 15) is 0 Å². The van der Waals surface area contributed by atoms with E-state index in [1.54, 1.807) is 7.05 Å². The maximum Gasteiger partial charge on any atom is 0.323 e. The Labute approximate surface area is 117 Å². The number of ether oxygens (including phenoxy) is 1. The SMILES string of the molecule is CNc1nc(NCc2cc(C)no2)nc(OC(C)C)n1. The minimum atomic E-state index is -0.00752. The van der Waals surface area contributed by atoms with Gasteiger partial charge in [0.25, 0.3) is 0 Å². The van der Waals surface area contributed by atoms with Crippen molar-refractivity contribution >= 4 is 11.9 Å². The molecular formula is C12H18N6O2. The molecule has 8 heteroatoms. The summed E-state index contributed by atoms with van der Waals surface area (Å²) in [5.74, 6) is 1.56. The van der Waals surface area contributed by atoms with Crippen molar-refractivity contribution in [1.29, 1.82) is 0 Å². The van der Waals surface area contributed by atoms with Crippen molar-refractivity contribution in [3.8, 4) is 6.01 Å². The van der Waals surface area contributed by atoms with E-state index in [4.69, 9.17) is 9.26 Å². The zero-order chi connectivity index (χ0) is 14.5. The quantitative estimate of drug-likeness (QED) is 0.822. The van der Waals surface area contributed by atoms with E-state index in [1.165, 1.54) is 0 Å². The van der Waals surface area contributed by atoms with Gasteiger partial charge in [-0.05, 0) is 20.8 Å². The van der Waals surface area contributed by atoms with Gasteiger partial charge in [0.15, 0.2) is 5.76 Å². The summed E-state index contributed by atoms with van der Waals surface area (Å²) in [5, 5.41) is 9.73. The first-order valence-electron chi connectivity index (χ1n) is 6.33. The second kappa shape index (κ2) is 6.18. The summed E-state index contributed by atoms with van der Waals surface area (Å²) in [6.45, 7) is 6.12. The normalized spacial score (nSPS) is 10.7. The van der Waals surface area contributed by atoms with E-state index in [2.05, 4.69) is 30.7 Å². The molecule has 0 bridgehead atoms. The monoisotopic (exact) mass is 278 g/mol. The molecule has 0 radical (unpaired) electrons. The van der Waals surface area contributed by atoms with Gasteiger partial charge in [-0.3, -0.25) is 0 Å². The average Bonchev–Trinajstić information content (AvgIpc) is 2.81. The van der Waals surface area contributed by atoms with Crippen molar-refractivity contribution in [2.45, 2.75) is 33.4 Å². The Bertz CT molecular complexity index is 569. The van der Waals surface area contributed by atoms with E-state index in [-0.39, 0.29) is 12.1 Å². The molecule has 0 aliphatic rings. The molecule has 0 aliphatic carbocycles. The lowest BCUT2D eigenvalue weighted by Crippen LogP contribution is -2.12. The molecule has 108 valence electrons. The van der Waals surface area contributed by atoms with Crippen LogP contribution in [0.15, 0.2) is 10.6 Å². The molecule has 0 atom stereocenters. The lowest BCUT2D eigenvalue weighted by molar-refractivity contribution is 0.222. The summed E-state index contributed by atoms with van der Waals surface area (Å²) in [6.07, 6.45) is -0.00752. The number of aromatic nitrogens is 4. The third-order valence-electron chi connectivity index (χ3n) is 2.28. The molecule has 0 aliphatic heterocycles. The van der Waals surface area contributed by atoms with E-state index in [0.717, 1.165) is 5.69 Å². The first-order valence-corrected chi connectivity index (χ1v) is 6.33. The Balaban J connectivity index is 2.09. The van der Waals surface area contributed by atoms with Gasteiger partial charge in [0.1, 0.15) is 0 Å². The number of aryl methyl sites for hydroxylation is 1. The van der Waals surface area contributed by atoms with Crippen molar-refractivity contribution in [3.63, 3.8) is 0 Å². The number of nitrogens with one attached hydrogen (secondary N) is 2. The van der Waals surface area contributed by atoms with Gasteiger partial charge in [-0.2, -0.15) is 15.0 Å². The van der Waals surface area contributed by atoms with Crippen molar-refractivity contribution in [2.24, 2.45) is 0 Å². The first-order chi connectivity index (χ1) is 9.56. The second-order valence-corrected chi connectivity index (χ2v) is 4.47. The highest BCUT2D eigenvalue weighted by Crippen LogP contribution is 2.13. The third-order valence-corrected chi connectivity index (χ3v) is 2.28. The molecule has 20 heavy (non-hydrogen) atoms. The number of nitrogens with zero attached hydrogens (tertiary/aromatic N) is 4. The Hall–Kier alpha value is -2.38. The summed E-state index contributed by atoms with van der Waals surface area (Å²) >= 11 is 0. The second-order valence-electron chi connectivity index (χ2n) is 4.47. The molecule has 0 aromatic carbocycles. The van der Waals surface area contributed by atoms with Gasteiger partial charge in [0, 0.05) is 13.1 Å². The van der Waals surface area contributed by atoms with Gasteiger partial charge in [-0.25, -0.2) is 0 Å². The summed E-state index contributed by atoms with van der Waals surface area (Å²) in [7, 11) is 1.73. The highest BCUT2D eigenvalue weighted by atomic mass is 16.5. The standard InChI is InChI=1S/C12H18N6O2/c1-7(2)19-12-16-10(13-4)15-11(17-12)14-6-9-5-8(3)18-20-9/h5,7H,6H2,1-4H3,(H2,13,14,15,16,17). The molecule has 8 nitrogen and oxygen atoms in total. The fourth-order valence-corrected chi connectivity index (χ4v) is 1.48. The Morgan fingerprint density at radius 3 is 2.60 bits per heavy atom. The van der Waals surface area contributed by atoms with Crippen LogP contribution in [-0.4, -0.2) is 33.3 Å². The number of rotatable bonds is 6. The van der Waals surface area contributed by atoms with Crippen LogP contribution in [-0.2, 0) is 6.54 Å². The summed E-state index contributed by atoms with van der Waals surface area (Å²) in [4.78, 5) is 12.5. The molecule has 0 amide bonds. The third kappa shape index (κ3) is 3.81. The molecule has 2 N–H and O–H groups in total. The average molecular weight is 278 g/mol. The molecule has 2 aromatic rings. The van der Waals surface area contributed by atoms with Crippen LogP contribution >= 0.6 is 0 Å². The zero-order valence-corrected chi connectivity index (χ0v) is 12.0. The summed E-state index contributed by atoms with van der Waals surface area (Å²) in [6, 6.07) is 2.12. The first kappa shape index (κ1) is 14.0. The maximum atomic E-state index is 5.48. The molecule has 2 aromatic heterocycles. The van der Waals surface area contributed by atoms with Crippen molar-refractivity contribution in [1.82, 2.24) is 20.1 Å². The molecule has 0 unspecified atom stereocenters. The van der Waals surface area contributed by atoms with Crippen LogP contribution in [0, 0.1) is 6.92 Å². The van der Waals surface area contributed by atoms with Crippen LogP contribution in [0.1, 0.15) is 25.3 Å². The van der Waals surface area contributed by atoms with E-state index in [0.29, 0.717) is 24.2 Å². The van der Waals surface area contributed by atoms with E-state index >= 15 is 0 Å². The largest absolute Gasteiger partial charge is 0.461 e. The van der Waals surface area contributed by atoms with Crippen molar-refractivity contribution in [3.05, 3.63) is 17.5 Å². The number of hydrogen-bond acceptors (Lipinski definition) is 8. The predicted molar refractivity (Wildman–Crippen MR) is 73.7 cm³/mol. The highest BCUT2D eigenvalue weighted by Gasteiger charge is 2.09. The van der Waals surface area contributed by atoms with Crippen LogP contribution in [0.3, 0.4) is 0 Å². The van der Waals surface area contributed by atoms with Crippen LogP contribution < -0.4 is 15.4 Å². The number of anilines is 2. The fourth-order valence-electron chi connectivity index (χ4n) is 1.48. The van der Waals surface area contributed by atoms with Crippen LogP contribution in [0.25, 0.3) is 0 Å². The lowest BCUT2D eigenvalue weighted by Gasteiger charge is -2.10. The van der Waals surface area contributed by atoms with Gasteiger partial charge in [0.05, 0.1) is 18.3 Å². The zero-order valence-electron chi connectivity index (χ0n) is 12.0. The molecule has 0 saturated heterocycles. The number of hydrogen-bond donors (Lipinski definition) is 2. The van der Waals surface area contributed by atoms with Crippen LogP contribution in [0.5, 0.6) is 6.01 Å². The van der Waals surface area contributed by atoms with Gasteiger partial charge >= 0.3 is 6.01 Å². The fraction of sp³-hybridized carbons (Fsp3) is 0.500. The van der Waals surface area contributed by atoms with Gasteiger partial charge in [-0.1, -0.05) is 5.16 Å². The Morgan fingerprint density at radius 1 is 1.25 bits per heavy atom. The van der Waals surface area contributed by atoms with E-state index < -0.39 is 0 Å². The van der Waals surface area contributed by atoms with Crippen molar-refractivity contribution < 1.29 is 9.26 Å². The van der Waals surface area contributed by atoms with Crippen LogP contribution in [0.4, 0.5) is 11.9 Å². The molecule has 0 fully saturated rings. The minimum Gasteiger partial charge on any atom is -0.461 e. The summed E-state index contributed by atoms with van der Waals surface area (Å²) < 4.78 is 10.6. The Kier molecular flexibility index (Phi) is 4.34. The Morgan fingerprint density at radius 2 is 2.00 bits per heavy atom. The minimum absolute atomic E-state index is 0.00752.